The first kappa shape index (κ1) is 16.7. The van der Waals surface area contributed by atoms with Gasteiger partial charge in [-0.15, -0.1) is 0 Å². The van der Waals surface area contributed by atoms with Crippen molar-refractivity contribution in [2.24, 2.45) is 0 Å². The quantitative estimate of drug-likeness (QED) is 0.669. The first-order valence-electron chi connectivity index (χ1n) is 7.17. The van der Waals surface area contributed by atoms with E-state index in [1.807, 2.05) is 73.6 Å². The van der Waals surface area contributed by atoms with E-state index in [-0.39, 0.29) is 11.0 Å². The first-order chi connectivity index (χ1) is 11.0. The summed E-state index contributed by atoms with van der Waals surface area (Å²) in [5.74, 6) is -0.267. The summed E-state index contributed by atoms with van der Waals surface area (Å²) in [7, 11) is 3.96. The van der Waals surface area contributed by atoms with Crippen molar-refractivity contribution in [3.63, 3.8) is 0 Å². The summed E-state index contributed by atoms with van der Waals surface area (Å²) in [6, 6.07) is 17.4. The zero-order chi connectivity index (χ0) is 16.7. The zero-order valence-corrected chi connectivity index (χ0v) is 13.9. The highest BCUT2D eigenvalue weighted by molar-refractivity contribution is 7.80. The normalized spacial score (nSPS) is 10.3. The topological polar surface area (TPSA) is 44.4 Å². The molecule has 0 atom stereocenters. The van der Waals surface area contributed by atoms with Crippen molar-refractivity contribution in [3.8, 4) is 0 Å². The molecule has 2 aromatic carbocycles. The third-order valence-corrected chi connectivity index (χ3v) is 3.31. The van der Waals surface area contributed by atoms with Crippen LogP contribution < -0.4 is 15.5 Å². The van der Waals surface area contributed by atoms with Crippen LogP contribution in [-0.2, 0) is 4.79 Å². The Morgan fingerprint density at radius 3 is 2.30 bits per heavy atom. The molecule has 2 N–H and O–H groups in total. The van der Waals surface area contributed by atoms with Crippen molar-refractivity contribution in [3.05, 3.63) is 66.2 Å². The molecule has 2 aromatic rings. The number of carbonyl (C=O) groups is 1. The Hall–Kier alpha value is -2.66. The van der Waals surface area contributed by atoms with Crippen LogP contribution in [0.4, 0.5) is 11.4 Å². The van der Waals surface area contributed by atoms with Gasteiger partial charge in [0.05, 0.1) is 0 Å². The fraction of sp³-hybridized carbons (Fsp3) is 0.111. The van der Waals surface area contributed by atoms with Crippen LogP contribution in [0.1, 0.15) is 5.56 Å². The number of nitrogens with zero attached hydrogens (tertiary/aromatic N) is 1. The van der Waals surface area contributed by atoms with Crippen LogP contribution >= 0.6 is 12.2 Å². The summed E-state index contributed by atoms with van der Waals surface area (Å²) in [5, 5.41) is 5.87. The minimum Gasteiger partial charge on any atom is -0.378 e. The molecule has 0 bridgehead atoms. The highest BCUT2D eigenvalue weighted by atomic mass is 32.1. The van der Waals surface area contributed by atoms with Gasteiger partial charge in [-0.2, -0.15) is 0 Å². The molecule has 0 radical (unpaired) electrons. The standard InChI is InChI=1S/C18H19N3OS/c1-21(2)16-11-9-15(10-12-16)19-18(23)20-17(22)13-8-14-6-4-3-5-7-14/h3-13H,1-2H3,(H2,19,20,22,23)/b13-8+. The molecule has 0 unspecified atom stereocenters. The molecule has 4 nitrogen and oxygen atoms in total. The second-order valence-corrected chi connectivity index (χ2v) is 5.54. The predicted octanol–water partition coefficient (Wildman–Crippen LogP) is 3.28. The van der Waals surface area contributed by atoms with Gasteiger partial charge in [0.25, 0.3) is 0 Å². The van der Waals surface area contributed by atoms with Gasteiger partial charge in [-0.1, -0.05) is 30.3 Å². The Kier molecular flexibility index (Phi) is 5.88. The van der Waals surface area contributed by atoms with Crippen molar-refractivity contribution < 1.29 is 4.79 Å². The molecular weight excluding hydrogens is 306 g/mol. The second-order valence-electron chi connectivity index (χ2n) is 5.13. The van der Waals surface area contributed by atoms with E-state index in [9.17, 15) is 4.79 Å². The van der Waals surface area contributed by atoms with E-state index in [0.717, 1.165) is 16.9 Å². The maximum atomic E-state index is 11.8. The molecule has 5 heteroatoms. The van der Waals surface area contributed by atoms with Crippen LogP contribution in [0.25, 0.3) is 6.08 Å². The molecule has 0 heterocycles. The van der Waals surface area contributed by atoms with E-state index in [2.05, 4.69) is 10.6 Å². The van der Waals surface area contributed by atoms with Gasteiger partial charge in [-0.05, 0) is 48.1 Å². The third-order valence-electron chi connectivity index (χ3n) is 3.11. The van der Waals surface area contributed by atoms with Crippen LogP contribution in [0.3, 0.4) is 0 Å². The number of thiocarbonyl (C=S) groups is 1. The Labute approximate surface area is 141 Å². The summed E-state index contributed by atoms with van der Waals surface area (Å²) >= 11 is 5.14. The Balaban J connectivity index is 1.86. The van der Waals surface area contributed by atoms with Gasteiger partial charge in [0.15, 0.2) is 5.11 Å². The molecule has 0 aliphatic rings. The molecule has 0 spiro atoms. The second kappa shape index (κ2) is 8.10. The van der Waals surface area contributed by atoms with Crippen LogP contribution in [-0.4, -0.2) is 25.1 Å². The fourth-order valence-corrected chi connectivity index (χ4v) is 2.11. The minimum absolute atomic E-state index is 0.267. The van der Waals surface area contributed by atoms with E-state index < -0.39 is 0 Å². The molecule has 0 aromatic heterocycles. The van der Waals surface area contributed by atoms with E-state index in [0.29, 0.717) is 0 Å². The number of carbonyl (C=O) groups excluding carboxylic acids is 1. The van der Waals surface area contributed by atoms with Crippen molar-refractivity contribution in [1.29, 1.82) is 0 Å². The number of amides is 1. The van der Waals surface area contributed by atoms with Gasteiger partial charge in [0.2, 0.25) is 5.91 Å². The monoisotopic (exact) mass is 325 g/mol. The van der Waals surface area contributed by atoms with Gasteiger partial charge in [-0.3, -0.25) is 10.1 Å². The lowest BCUT2D eigenvalue weighted by atomic mass is 10.2. The van der Waals surface area contributed by atoms with Gasteiger partial charge >= 0.3 is 0 Å². The van der Waals surface area contributed by atoms with Crippen LogP contribution in [0.5, 0.6) is 0 Å². The van der Waals surface area contributed by atoms with Gasteiger partial charge in [-0.25, -0.2) is 0 Å². The molecule has 2 rings (SSSR count). The summed E-state index contributed by atoms with van der Waals surface area (Å²) in [5.41, 5.74) is 2.88. The molecule has 0 saturated heterocycles. The number of rotatable bonds is 4. The Morgan fingerprint density at radius 2 is 1.70 bits per heavy atom. The summed E-state index contributed by atoms with van der Waals surface area (Å²) in [6.07, 6.45) is 3.20. The summed E-state index contributed by atoms with van der Waals surface area (Å²) in [6.45, 7) is 0. The van der Waals surface area contributed by atoms with Crippen LogP contribution in [0.2, 0.25) is 0 Å². The lowest BCUT2D eigenvalue weighted by Crippen LogP contribution is -2.32. The van der Waals surface area contributed by atoms with Gasteiger partial charge < -0.3 is 10.2 Å². The predicted molar refractivity (Wildman–Crippen MR) is 101 cm³/mol. The highest BCUT2D eigenvalue weighted by Gasteiger charge is 2.02. The number of benzene rings is 2. The molecule has 23 heavy (non-hydrogen) atoms. The Bertz CT molecular complexity index is 694. The largest absolute Gasteiger partial charge is 0.378 e. The van der Waals surface area contributed by atoms with Crippen molar-refractivity contribution in [2.45, 2.75) is 0 Å². The van der Waals surface area contributed by atoms with Crippen LogP contribution in [0, 0.1) is 0 Å². The summed E-state index contributed by atoms with van der Waals surface area (Å²) < 4.78 is 0. The van der Waals surface area contributed by atoms with Crippen molar-refractivity contribution in [1.82, 2.24) is 5.32 Å². The number of nitrogens with one attached hydrogen (secondary N) is 2. The molecule has 118 valence electrons. The van der Waals surface area contributed by atoms with Crippen molar-refractivity contribution >= 4 is 40.7 Å². The summed E-state index contributed by atoms with van der Waals surface area (Å²) in [4.78, 5) is 13.8. The van der Waals surface area contributed by atoms with E-state index in [1.165, 1.54) is 6.08 Å². The first-order valence-corrected chi connectivity index (χ1v) is 7.58. The molecule has 0 aliphatic heterocycles. The maximum Gasteiger partial charge on any atom is 0.250 e. The molecule has 0 aliphatic carbocycles. The number of hydrogen-bond donors (Lipinski definition) is 2. The molecule has 0 saturated carbocycles. The average molecular weight is 325 g/mol. The SMILES string of the molecule is CN(C)c1ccc(NC(=S)NC(=O)/C=C/c2ccccc2)cc1. The molecule has 0 fully saturated rings. The third kappa shape index (κ3) is 5.56. The maximum absolute atomic E-state index is 11.8. The highest BCUT2D eigenvalue weighted by Crippen LogP contribution is 2.15. The minimum atomic E-state index is -0.267. The number of anilines is 2. The number of hydrogen-bond acceptors (Lipinski definition) is 3. The smallest absolute Gasteiger partial charge is 0.250 e. The fourth-order valence-electron chi connectivity index (χ4n) is 1.89. The lowest BCUT2D eigenvalue weighted by molar-refractivity contribution is -0.115. The van der Waals surface area contributed by atoms with E-state index in [4.69, 9.17) is 12.2 Å². The lowest BCUT2D eigenvalue weighted by Gasteiger charge is -2.13. The van der Waals surface area contributed by atoms with E-state index in [1.54, 1.807) is 6.08 Å². The van der Waals surface area contributed by atoms with Gasteiger partial charge in [0.1, 0.15) is 0 Å². The average Bonchev–Trinajstić information content (AvgIpc) is 2.54. The van der Waals surface area contributed by atoms with Crippen molar-refractivity contribution in [2.75, 3.05) is 24.3 Å². The van der Waals surface area contributed by atoms with E-state index >= 15 is 0 Å². The molecule has 1 amide bonds. The van der Waals surface area contributed by atoms with Crippen LogP contribution in [0.15, 0.2) is 60.7 Å². The zero-order valence-electron chi connectivity index (χ0n) is 13.1. The Morgan fingerprint density at radius 1 is 1.04 bits per heavy atom. The van der Waals surface area contributed by atoms with Gasteiger partial charge in [0, 0.05) is 31.5 Å². The molecular formula is C18H19N3OS.